The first kappa shape index (κ1) is 21.7. The summed E-state index contributed by atoms with van der Waals surface area (Å²) in [6.45, 7) is 0. The molecule has 0 aliphatic rings. The number of rotatable bonds is 3. The Kier molecular flexibility index (Phi) is 5.16. The van der Waals surface area contributed by atoms with Crippen molar-refractivity contribution in [3.8, 4) is 33.9 Å². The molecule has 37 heavy (non-hydrogen) atoms. The predicted octanol–water partition coefficient (Wildman–Crippen LogP) is 8.99. The molecule has 0 spiro atoms. The second kappa shape index (κ2) is 8.81. The maximum atomic E-state index is 6.38. The van der Waals surface area contributed by atoms with E-state index < -0.39 is 0 Å². The maximum Gasteiger partial charge on any atom is 0.226 e. The van der Waals surface area contributed by atoms with Gasteiger partial charge in [-0.1, -0.05) is 103 Å². The average Bonchev–Trinajstić information content (AvgIpc) is 2.96. The van der Waals surface area contributed by atoms with E-state index in [9.17, 15) is 0 Å². The Morgan fingerprint density at radius 3 is 1.78 bits per heavy atom. The van der Waals surface area contributed by atoms with Crippen LogP contribution in [0.25, 0.3) is 66.2 Å². The molecule has 0 fully saturated rings. The van der Waals surface area contributed by atoms with Gasteiger partial charge in [0.05, 0.1) is 0 Å². The van der Waals surface area contributed by atoms with Crippen LogP contribution in [0.5, 0.6) is 0 Å². The van der Waals surface area contributed by atoms with Crippen LogP contribution in [0.1, 0.15) is 0 Å². The van der Waals surface area contributed by atoms with Crippen LogP contribution in [0.15, 0.2) is 121 Å². The highest BCUT2D eigenvalue weighted by atomic mass is 35.5. The van der Waals surface area contributed by atoms with E-state index in [1.807, 2.05) is 30.3 Å². The largest absolute Gasteiger partial charge is 0.226 e. The Bertz CT molecular complexity index is 1960. The van der Waals surface area contributed by atoms with E-state index >= 15 is 0 Å². The molecule has 7 rings (SSSR count). The molecule has 174 valence electrons. The fraction of sp³-hybridized carbons (Fsp3) is 0. The Morgan fingerprint density at radius 1 is 0.378 bits per heavy atom. The van der Waals surface area contributed by atoms with Gasteiger partial charge in [-0.3, -0.25) is 0 Å². The summed E-state index contributed by atoms with van der Waals surface area (Å²) in [4.78, 5) is 13.7. The van der Waals surface area contributed by atoms with Crippen LogP contribution in [0.2, 0.25) is 5.28 Å². The Hall–Kier alpha value is -4.60. The SMILES string of the molecule is Clc1nc(-c2cccc(-c3ccc4ccc5ccccc5c4c3)c2)nc(-c2ccc3ccccc3c2)n1. The summed E-state index contributed by atoms with van der Waals surface area (Å²) >= 11 is 6.38. The van der Waals surface area contributed by atoms with Gasteiger partial charge >= 0.3 is 0 Å². The molecule has 0 aliphatic heterocycles. The average molecular weight is 494 g/mol. The Morgan fingerprint density at radius 2 is 0.946 bits per heavy atom. The highest BCUT2D eigenvalue weighted by molar-refractivity contribution is 6.28. The minimum Gasteiger partial charge on any atom is -0.208 e. The van der Waals surface area contributed by atoms with E-state index in [0.717, 1.165) is 27.6 Å². The minimum absolute atomic E-state index is 0.177. The van der Waals surface area contributed by atoms with Crippen molar-refractivity contribution in [2.24, 2.45) is 0 Å². The van der Waals surface area contributed by atoms with Crippen LogP contribution in [0.3, 0.4) is 0 Å². The number of aromatic nitrogens is 3. The first-order valence-corrected chi connectivity index (χ1v) is 12.5. The molecule has 3 nitrogen and oxygen atoms in total. The summed E-state index contributed by atoms with van der Waals surface area (Å²) in [5, 5.41) is 7.43. The monoisotopic (exact) mass is 493 g/mol. The van der Waals surface area contributed by atoms with E-state index in [1.54, 1.807) is 0 Å². The highest BCUT2D eigenvalue weighted by Gasteiger charge is 2.12. The molecule has 0 saturated heterocycles. The molecule has 6 aromatic carbocycles. The first-order chi connectivity index (χ1) is 18.2. The number of fused-ring (bicyclic) bond motifs is 4. The smallest absolute Gasteiger partial charge is 0.208 e. The minimum atomic E-state index is 0.177. The molecule has 4 heteroatoms. The molecule has 1 aromatic heterocycles. The molecule has 0 bridgehead atoms. The third-order valence-electron chi connectivity index (χ3n) is 6.82. The summed E-state index contributed by atoms with van der Waals surface area (Å²) in [7, 11) is 0. The number of benzene rings is 6. The standard InChI is InChI=1S/C33H20ClN3/c34-33-36-31(35-32(37-33)28-17-12-21-6-1-2-8-24(21)18-28)27-10-5-9-25(19-27)26-16-15-23-14-13-22-7-3-4-11-29(22)30(23)20-26/h1-20H. The van der Waals surface area contributed by atoms with E-state index in [-0.39, 0.29) is 5.28 Å². The van der Waals surface area contributed by atoms with Crippen molar-refractivity contribution < 1.29 is 0 Å². The molecule has 0 saturated carbocycles. The fourth-order valence-corrected chi connectivity index (χ4v) is 5.12. The zero-order valence-electron chi connectivity index (χ0n) is 19.8. The zero-order chi connectivity index (χ0) is 24.8. The summed E-state index contributed by atoms with van der Waals surface area (Å²) < 4.78 is 0. The van der Waals surface area contributed by atoms with Gasteiger partial charge in [-0.25, -0.2) is 4.98 Å². The van der Waals surface area contributed by atoms with Crippen molar-refractivity contribution in [1.29, 1.82) is 0 Å². The fourth-order valence-electron chi connectivity index (χ4n) is 4.96. The van der Waals surface area contributed by atoms with Crippen LogP contribution >= 0.6 is 11.6 Å². The van der Waals surface area contributed by atoms with Gasteiger partial charge in [0.25, 0.3) is 0 Å². The normalized spacial score (nSPS) is 11.4. The van der Waals surface area contributed by atoms with Crippen LogP contribution in [0.4, 0.5) is 0 Å². The Balaban J connectivity index is 1.32. The number of halogens is 1. The molecule has 0 unspecified atom stereocenters. The van der Waals surface area contributed by atoms with Crippen molar-refractivity contribution in [3.63, 3.8) is 0 Å². The molecule has 0 N–H and O–H groups in total. The van der Waals surface area contributed by atoms with E-state index in [0.29, 0.717) is 11.6 Å². The van der Waals surface area contributed by atoms with Crippen LogP contribution < -0.4 is 0 Å². The second-order valence-electron chi connectivity index (χ2n) is 9.12. The van der Waals surface area contributed by atoms with E-state index in [2.05, 4.69) is 101 Å². The third kappa shape index (κ3) is 4.00. The molecule has 0 radical (unpaired) electrons. The van der Waals surface area contributed by atoms with Gasteiger partial charge in [0, 0.05) is 11.1 Å². The molecule has 0 amide bonds. The topological polar surface area (TPSA) is 38.7 Å². The Labute approximate surface area is 219 Å². The number of nitrogens with zero attached hydrogens (tertiary/aromatic N) is 3. The van der Waals surface area contributed by atoms with Gasteiger partial charge < -0.3 is 0 Å². The number of hydrogen-bond donors (Lipinski definition) is 0. The third-order valence-corrected chi connectivity index (χ3v) is 6.99. The second-order valence-corrected chi connectivity index (χ2v) is 9.46. The molecule has 0 atom stereocenters. The predicted molar refractivity (Wildman–Crippen MR) is 154 cm³/mol. The lowest BCUT2D eigenvalue weighted by molar-refractivity contribution is 1.07. The highest BCUT2D eigenvalue weighted by Crippen LogP contribution is 2.32. The van der Waals surface area contributed by atoms with Gasteiger partial charge in [0.15, 0.2) is 11.6 Å². The van der Waals surface area contributed by atoms with Crippen LogP contribution in [-0.2, 0) is 0 Å². The molecular weight excluding hydrogens is 474 g/mol. The van der Waals surface area contributed by atoms with E-state index in [4.69, 9.17) is 16.6 Å². The van der Waals surface area contributed by atoms with Crippen molar-refractivity contribution in [3.05, 3.63) is 127 Å². The van der Waals surface area contributed by atoms with Gasteiger partial charge in [-0.05, 0) is 73.2 Å². The summed E-state index contributed by atoms with van der Waals surface area (Å²) in [6.07, 6.45) is 0. The lowest BCUT2D eigenvalue weighted by Gasteiger charge is -2.10. The maximum absolute atomic E-state index is 6.38. The van der Waals surface area contributed by atoms with Gasteiger partial charge in [-0.2, -0.15) is 9.97 Å². The quantitative estimate of drug-likeness (QED) is 0.230. The van der Waals surface area contributed by atoms with Crippen molar-refractivity contribution >= 4 is 43.9 Å². The lowest BCUT2D eigenvalue weighted by atomic mass is 9.96. The van der Waals surface area contributed by atoms with Gasteiger partial charge in [-0.15, -0.1) is 0 Å². The van der Waals surface area contributed by atoms with Crippen LogP contribution in [0, 0.1) is 0 Å². The molecular formula is C33H20ClN3. The number of hydrogen-bond acceptors (Lipinski definition) is 3. The van der Waals surface area contributed by atoms with Crippen molar-refractivity contribution in [2.75, 3.05) is 0 Å². The summed E-state index contributed by atoms with van der Waals surface area (Å²) in [5.41, 5.74) is 4.03. The molecule has 1 heterocycles. The van der Waals surface area contributed by atoms with Crippen LogP contribution in [-0.4, -0.2) is 15.0 Å². The lowest BCUT2D eigenvalue weighted by Crippen LogP contribution is -1.97. The van der Waals surface area contributed by atoms with Gasteiger partial charge in [0.2, 0.25) is 5.28 Å². The molecule has 0 aliphatic carbocycles. The van der Waals surface area contributed by atoms with Gasteiger partial charge in [0.1, 0.15) is 0 Å². The van der Waals surface area contributed by atoms with Crippen molar-refractivity contribution in [2.45, 2.75) is 0 Å². The molecule has 7 aromatic rings. The zero-order valence-corrected chi connectivity index (χ0v) is 20.5. The van der Waals surface area contributed by atoms with Crippen molar-refractivity contribution in [1.82, 2.24) is 15.0 Å². The summed E-state index contributed by atoms with van der Waals surface area (Å²) in [6, 6.07) is 42.1. The summed E-state index contributed by atoms with van der Waals surface area (Å²) in [5.74, 6) is 1.11. The van der Waals surface area contributed by atoms with E-state index in [1.165, 1.54) is 26.9 Å². The first-order valence-electron chi connectivity index (χ1n) is 12.1.